The Morgan fingerprint density at radius 3 is 1.00 bits per heavy atom. The molecule has 0 radical (unpaired) electrons. The Bertz CT molecular complexity index is 149. The highest BCUT2D eigenvalue weighted by atomic mass is 32.2. The Hall–Kier alpha value is 0.350. The Morgan fingerprint density at radius 2 is 0.667 bits per heavy atom. The van der Waals surface area contributed by atoms with Crippen molar-refractivity contribution < 1.29 is 0 Å². The lowest BCUT2D eigenvalue weighted by Gasteiger charge is -2.03. The molecule has 0 spiro atoms. The van der Waals surface area contributed by atoms with Crippen molar-refractivity contribution in [2.24, 2.45) is 0 Å². The lowest BCUT2D eigenvalue weighted by atomic mass is 10.1. The Morgan fingerprint density at radius 1 is 0.381 bits per heavy atom. The topological polar surface area (TPSA) is 0 Å². The van der Waals surface area contributed by atoms with Gasteiger partial charge in [-0.3, -0.25) is 0 Å². The van der Waals surface area contributed by atoms with E-state index in [9.17, 15) is 0 Å². The van der Waals surface area contributed by atoms with Crippen LogP contribution in [0.5, 0.6) is 0 Å². The molecule has 0 saturated carbocycles. The number of unbranched alkanes of at least 4 members (excludes halogenated alkanes) is 14. The van der Waals surface area contributed by atoms with Crippen molar-refractivity contribution in [3.63, 3.8) is 0 Å². The van der Waals surface area contributed by atoms with E-state index in [0.717, 1.165) is 0 Å². The highest BCUT2D eigenvalue weighted by Crippen LogP contribution is 2.14. The normalized spacial score (nSPS) is 11.1. The van der Waals surface area contributed by atoms with Crippen molar-refractivity contribution in [2.45, 2.75) is 117 Å². The third-order valence-electron chi connectivity index (χ3n) is 4.28. The third-order valence-corrected chi connectivity index (χ3v) is 5.44. The third kappa shape index (κ3) is 20.4. The molecular formula is C20H42S. The smallest absolute Gasteiger partial charge is 0.00675 e. The molecule has 0 rings (SSSR count). The van der Waals surface area contributed by atoms with Crippen LogP contribution in [0.1, 0.15) is 117 Å². The quantitative estimate of drug-likeness (QED) is 0.231. The molecule has 0 aromatic heterocycles. The number of hydrogen-bond donors (Lipinski definition) is 0. The molecule has 0 N–H and O–H groups in total. The molecule has 0 bridgehead atoms. The molecule has 0 fully saturated rings. The number of thioether (sulfide) groups is 1. The maximum atomic E-state index is 2.30. The zero-order chi connectivity index (χ0) is 15.4. The predicted molar refractivity (Wildman–Crippen MR) is 103 cm³/mol. The number of hydrogen-bond acceptors (Lipinski definition) is 1. The van der Waals surface area contributed by atoms with Gasteiger partial charge in [0.25, 0.3) is 0 Å². The lowest BCUT2D eigenvalue weighted by molar-refractivity contribution is 0.584. The fraction of sp³-hybridized carbons (Fsp3) is 1.00. The van der Waals surface area contributed by atoms with Gasteiger partial charge in [-0.15, -0.1) is 0 Å². The minimum Gasteiger partial charge on any atom is -0.162 e. The molecule has 0 aliphatic heterocycles. The van der Waals surface area contributed by atoms with Crippen LogP contribution in [-0.2, 0) is 0 Å². The fourth-order valence-corrected chi connectivity index (χ4v) is 3.80. The van der Waals surface area contributed by atoms with Crippen molar-refractivity contribution >= 4 is 11.8 Å². The summed E-state index contributed by atoms with van der Waals surface area (Å²) in [6.45, 7) is 4.59. The zero-order valence-corrected chi connectivity index (χ0v) is 16.0. The first kappa shape index (κ1) is 21.4. The molecule has 21 heavy (non-hydrogen) atoms. The first-order valence-electron chi connectivity index (χ1n) is 9.99. The summed E-state index contributed by atoms with van der Waals surface area (Å²) in [5, 5.41) is 0. The standard InChI is InChI=1S/C20H42S/c1-3-5-7-9-11-13-15-17-19-21-20-18-16-14-12-10-8-6-4-2/h3-20H2,1-2H3. The molecule has 0 aromatic rings. The highest BCUT2D eigenvalue weighted by molar-refractivity contribution is 7.99. The molecule has 0 atom stereocenters. The first-order valence-corrected chi connectivity index (χ1v) is 11.1. The highest BCUT2D eigenvalue weighted by Gasteiger charge is 1.94. The van der Waals surface area contributed by atoms with Crippen molar-refractivity contribution in [3.05, 3.63) is 0 Å². The van der Waals surface area contributed by atoms with E-state index in [0.29, 0.717) is 0 Å². The summed E-state index contributed by atoms with van der Waals surface area (Å²) >= 11 is 2.20. The fourth-order valence-electron chi connectivity index (χ4n) is 2.78. The van der Waals surface area contributed by atoms with Gasteiger partial charge in [0.1, 0.15) is 0 Å². The SMILES string of the molecule is CCCCCCCCCCSCCCCCCCCCC. The molecule has 0 saturated heterocycles. The van der Waals surface area contributed by atoms with E-state index in [2.05, 4.69) is 25.6 Å². The second kappa shape index (κ2) is 20.3. The van der Waals surface area contributed by atoms with Gasteiger partial charge in [0, 0.05) is 0 Å². The molecule has 0 aliphatic rings. The number of rotatable bonds is 18. The van der Waals surface area contributed by atoms with Crippen LogP contribution in [0.2, 0.25) is 0 Å². The van der Waals surface area contributed by atoms with Gasteiger partial charge in [0.2, 0.25) is 0 Å². The zero-order valence-electron chi connectivity index (χ0n) is 15.1. The second-order valence-corrected chi connectivity index (χ2v) is 7.79. The molecule has 0 amide bonds. The van der Waals surface area contributed by atoms with Crippen molar-refractivity contribution in [3.8, 4) is 0 Å². The van der Waals surface area contributed by atoms with E-state index in [1.54, 1.807) is 0 Å². The molecule has 0 unspecified atom stereocenters. The summed E-state index contributed by atoms with van der Waals surface area (Å²) < 4.78 is 0. The molecule has 0 nitrogen and oxygen atoms in total. The van der Waals surface area contributed by atoms with Crippen LogP contribution < -0.4 is 0 Å². The van der Waals surface area contributed by atoms with Crippen molar-refractivity contribution in [1.29, 1.82) is 0 Å². The van der Waals surface area contributed by atoms with E-state index < -0.39 is 0 Å². The second-order valence-electron chi connectivity index (χ2n) is 6.56. The summed E-state index contributed by atoms with van der Waals surface area (Å²) in [6.07, 6.45) is 23.2. The Labute approximate surface area is 140 Å². The summed E-state index contributed by atoms with van der Waals surface area (Å²) in [5.74, 6) is 2.82. The van der Waals surface area contributed by atoms with Crippen LogP contribution in [0.4, 0.5) is 0 Å². The lowest BCUT2D eigenvalue weighted by Crippen LogP contribution is -1.87. The monoisotopic (exact) mass is 314 g/mol. The predicted octanol–water partition coefficient (Wildman–Crippen LogP) is 8.00. The van der Waals surface area contributed by atoms with E-state index in [1.807, 2.05) is 0 Å². The summed E-state index contributed by atoms with van der Waals surface area (Å²) in [7, 11) is 0. The molecule has 1 heteroatoms. The minimum absolute atomic E-state index is 1.37. The van der Waals surface area contributed by atoms with Crippen LogP contribution in [0.25, 0.3) is 0 Å². The summed E-state index contributed by atoms with van der Waals surface area (Å²) in [4.78, 5) is 0. The average molecular weight is 315 g/mol. The molecule has 0 aliphatic carbocycles. The Kier molecular flexibility index (Phi) is 20.7. The van der Waals surface area contributed by atoms with Crippen LogP contribution in [0, 0.1) is 0 Å². The van der Waals surface area contributed by atoms with E-state index >= 15 is 0 Å². The summed E-state index contributed by atoms with van der Waals surface area (Å²) in [5.41, 5.74) is 0. The van der Waals surface area contributed by atoms with Gasteiger partial charge >= 0.3 is 0 Å². The van der Waals surface area contributed by atoms with E-state index in [1.165, 1.54) is 114 Å². The molecule has 0 aromatic carbocycles. The first-order chi connectivity index (χ1) is 10.4. The molecular weight excluding hydrogens is 272 g/mol. The van der Waals surface area contributed by atoms with Crippen LogP contribution in [0.15, 0.2) is 0 Å². The Balaban J connectivity index is 2.90. The van der Waals surface area contributed by atoms with Gasteiger partial charge in [0.05, 0.1) is 0 Å². The maximum Gasteiger partial charge on any atom is -0.00675 e. The molecule has 0 heterocycles. The maximum absolute atomic E-state index is 2.30. The van der Waals surface area contributed by atoms with Gasteiger partial charge in [-0.2, -0.15) is 11.8 Å². The average Bonchev–Trinajstić information content (AvgIpc) is 2.50. The summed E-state index contributed by atoms with van der Waals surface area (Å²) in [6, 6.07) is 0. The van der Waals surface area contributed by atoms with Gasteiger partial charge in [-0.05, 0) is 24.3 Å². The van der Waals surface area contributed by atoms with Crippen LogP contribution in [-0.4, -0.2) is 11.5 Å². The van der Waals surface area contributed by atoms with Crippen molar-refractivity contribution in [1.82, 2.24) is 0 Å². The van der Waals surface area contributed by atoms with Crippen molar-refractivity contribution in [2.75, 3.05) is 11.5 Å². The van der Waals surface area contributed by atoms with Gasteiger partial charge in [-0.1, -0.05) is 104 Å². The molecule has 128 valence electrons. The van der Waals surface area contributed by atoms with E-state index in [4.69, 9.17) is 0 Å². The minimum atomic E-state index is 1.37. The van der Waals surface area contributed by atoms with E-state index in [-0.39, 0.29) is 0 Å². The van der Waals surface area contributed by atoms with Crippen LogP contribution in [0.3, 0.4) is 0 Å². The van der Waals surface area contributed by atoms with Crippen LogP contribution >= 0.6 is 11.8 Å². The largest absolute Gasteiger partial charge is 0.162 e. The van der Waals surface area contributed by atoms with Gasteiger partial charge in [-0.25, -0.2) is 0 Å². The van der Waals surface area contributed by atoms with Gasteiger partial charge in [0.15, 0.2) is 0 Å². The van der Waals surface area contributed by atoms with Gasteiger partial charge < -0.3 is 0 Å².